The first kappa shape index (κ1) is 26.4. The highest BCUT2D eigenvalue weighted by molar-refractivity contribution is 5.94. The number of hydrogen-bond acceptors (Lipinski definition) is 6. The van der Waals surface area contributed by atoms with Crippen molar-refractivity contribution in [2.45, 2.75) is 50.7 Å². The van der Waals surface area contributed by atoms with E-state index >= 15 is 0 Å². The van der Waals surface area contributed by atoms with E-state index in [1.165, 1.54) is 7.11 Å². The first-order chi connectivity index (χ1) is 13.3. The van der Waals surface area contributed by atoms with Crippen molar-refractivity contribution in [2.75, 3.05) is 7.11 Å². The SMILES string of the molecule is CCC[C@@H](N)C(=O)N[C@@H](CC(=O)O)C(=O)N[C@@H](Cc1ccccc1)C(=O)OC.Cl. The zero-order chi connectivity index (χ0) is 21.1. The molecule has 0 bridgehead atoms. The Morgan fingerprint density at radius 1 is 1.07 bits per heavy atom. The molecule has 0 saturated heterocycles. The number of amides is 2. The van der Waals surface area contributed by atoms with Crippen molar-refractivity contribution in [3.05, 3.63) is 35.9 Å². The maximum absolute atomic E-state index is 12.6. The van der Waals surface area contributed by atoms with Crippen molar-refractivity contribution in [2.24, 2.45) is 5.73 Å². The minimum atomic E-state index is -1.36. The van der Waals surface area contributed by atoms with Crippen LogP contribution < -0.4 is 16.4 Å². The second-order valence-corrected chi connectivity index (χ2v) is 6.33. The molecule has 10 heteroatoms. The number of aliphatic carboxylic acids is 1. The molecule has 0 aliphatic rings. The van der Waals surface area contributed by atoms with Crippen LogP contribution in [0.2, 0.25) is 0 Å². The van der Waals surface area contributed by atoms with Crippen LogP contribution >= 0.6 is 12.4 Å². The highest BCUT2D eigenvalue weighted by Crippen LogP contribution is 2.06. The summed E-state index contributed by atoms with van der Waals surface area (Å²) in [6.07, 6.45) is 0.565. The third-order valence-electron chi connectivity index (χ3n) is 4.03. The van der Waals surface area contributed by atoms with Crippen molar-refractivity contribution in [1.82, 2.24) is 10.6 Å². The number of carboxylic acids is 1. The van der Waals surface area contributed by atoms with Gasteiger partial charge in [-0.3, -0.25) is 14.4 Å². The van der Waals surface area contributed by atoms with Gasteiger partial charge in [0.25, 0.3) is 0 Å². The summed E-state index contributed by atoms with van der Waals surface area (Å²) < 4.78 is 4.72. The number of nitrogens with two attached hydrogens (primary N) is 1. The van der Waals surface area contributed by atoms with Crippen LogP contribution in [0.25, 0.3) is 0 Å². The van der Waals surface area contributed by atoms with Crippen LogP contribution in [-0.4, -0.2) is 54.1 Å². The highest BCUT2D eigenvalue weighted by Gasteiger charge is 2.30. The van der Waals surface area contributed by atoms with Crippen LogP contribution in [0.1, 0.15) is 31.7 Å². The maximum Gasteiger partial charge on any atom is 0.328 e. The molecule has 0 aromatic heterocycles. The average Bonchev–Trinajstić information content (AvgIpc) is 2.66. The predicted molar refractivity (Wildman–Crippen MR) is 108 cm³/mol. The fraction of sp³-hybridized carbons (Fsp3) is 0.474. The summed E-state index contributed by atoms with van der Waals surface area (Å²) >= 11 is 0. The summed E-state index contributed by atoms with van der Waals surface area (Å²) in [4.78, 5) is 47.8. The van der Waals surface area contributed by atoms with Gasteiger partial charge in [-0.2, -0.15) is 0 Å². The number of carbonyl (C=O) groups excluding carboxylic acids is 3. The minimum Gasteiger partial charge on any atom is -0.481 e. The standard InChI is InChI=1S/C19H27N3O6.ClH/c1-3-7-13(20)17(25)21-14(11-16(23)24)18(26)22-15(19(27)28-2)10-12-8-5-4-6-9-12;/h4-6,8-9,13-15H,3,7,10-11,20H2,1-2H3,(H,21,25)(H,22,26)(H,23,24);1H/t13-,14+,15+;/m1./s1. The van der Waals surface area contributed by atoms with Crippen LogP contribution in [0.5, 0.6) is 0 Å². The summed E-state index contributed by atoms with van der Waals surface area (Å²) in [7, 11) is 1.19. The lowest BCUT2D eigenvalue weighted by molar-refractivity contribution is -0.145. The molecule has 0 saturated carbocycles. The van der Waals surface area contributed by atoms with Crippen molar-refractivity contribution in [3.63, 3.8) is 0 Å². The zero-order valence-corrected chi connectivity index (χ0v) is 17.2. The van der Waals surface area contributed by atoms with Crippen LogP contribution in [0.15, 0.2) is 30.3 Å². The van der Waals surface area contributed by atoms with E-state index in [1.54, 1.807) is 24.3 Å². The second kappa shape index (κ2) is 13.5. The number of rotatable bonds is 11. The third-order valence-corrected chi connectivity index (χ3v) is 4.03. The fourth-order valence-corrected chi connectivity index (χ4v) is 2.56. The molecule has 5 N–H and O–H groups in total. The molecule has 1 aromatic carbocycles. The topological polar surface area (TPSA) is 148 Å². The zero-order valence-electron chi connectivity index (χ0n) is 16.4. The van der Waals surface area contributed by atoms with Gasteiger partial charge in [-0.25, -0.2) is 4.79 Å². The molecule has 162 valence electrons. The van der Waals surface area contributed by atoms with E-state index in [0.717, 1.165) is 5.56 Å². The third kappa shape index (κ3) is 9.40. The number of carboxylic acid groups (broad SMARTS) is 1. The van der Waals surface area contributed by atoms with Gasteiger partial charge in [-0.05, 0) is 12.0 Å². The van der Waals surface area contributed by atoms with Crippen LogP contribution in [-0.2, 0) is 30.3 Å². The Kier molecular flexibility index (Phi) is 12.3. The monoisotopic (exact) mass is 429 g/mol. The number of ether oxygens (including phenoxy) is 1. The number of halogens is 1. The molecule has 0 aliphatic carbocycles. The van der Waals surface area contributed by atoms with E-state index in [0.29, 0.717) is 12.8 Å². The smallest absolute Gasteiger partial charge is 0.328 e. The van der Waals surface area contributed by atoms with E-state index in [4.69, 9.17) is 15.6 Å². The van der Waals surface area contributed by atoms with Gasteiger partial charge in [0, 0.05) is 6.42 Å². The summed E-state index contributed by atoms with van der Waals surface area (Å²) in [5, 5.41) is 13.9. The first-order valence-electron chi connectivity index (χ1n) is 8.98. The second-order valence-electron chi connectivity index (χ2n) is 6.33. The summed E-state index contributed by atoms with van der Waals surface area (Å²) in [6, 6.07) is 5.70. The van der Waals surface area contributed by atoms with Crippen molar-refractivity contribution < 1.29 is 29.0 Å². The molecule has 0 heterocycles. The summed E-state index contributed by atoms with van der Waals surface area (Å²) in [6.45, 7) is 1.85. The van der Waals surface area contributed by atoms with Gasteiger partial charge in [0.05, 0.1) is 19.6 Å². The molecule has 3 atom stereocenters. The Balaban J connectivity index is 0.00000784. The Morgan fingerprint density at radius 2 is 1.66 bits per heavy atom. The Morgan fingerprint density at radius 3 is 2.17 bits per heavy atom. The molecule has 29 heavy (non-hydrogen) atoms. The van der Waals surface area contributed by atoms with Gasteiger partial charge in [0.15, 0.2) is 0 Å². The predicted octanol–water partition coefficient (Wildman–Crippen LogP) is 0.396. The fourth-order valence-electron chi connectivity index (χ4n) is 2.56. The van der Waals surface area contributed by atoms with Gasteiger partial charge in [0.1, 0.15) is 12.1 Å². The number of nitrogens with one attached hydrogen (secondary N) is 2. The molecule has 2 amide bonds. The van der Waals surface area contributed by atoms with Gasteiger partial charge in [-0.15, -0.1) is 12.4 Å². The lowest BCUT2D eigenvalue weighted by Gasteiger charge is -2.22. The molecule has 1 aromatic rings. The average molecular weight is 430 g/mol. The number of esters is 1. The Bertz CT molecular complexity index is 686. The van der Waals surface area contributed by atoms with Crippen LogP contribution in [0, 0.1) is 0 Å². The number of carbonyl (C=O) groups is 4. The van der Waals surface area contributed by atoms with Gasteiger partial charge < -0.3 is 26.2 Å². The molecule has 0 aliphatic heterocycles. The summed E-state index contributed by atoms with van der Waals surface area (Å²) in [5.74, 6) is -3.38. The quantitative estimate of drug-likeness (QED) is 0.372. The first-order valence-corrected chi connectivity index (χ1v) is 8.98. The molecule has 0 spiro atoms. The molecule has 0 unspecified atom stereocenters. The molecular formula is C19H28ClN3O6. The number of methoxy groups -OCH3 is 1. The van der Waals surface area contributed by atoms with E-state index < -0.39 is 48.3 Å². The lowest BCUT2D eigenvalue weighted by Crippen LogP contribution is -2.55. The molecule has 1 rings (SSSR count). The molecule has 0 fully saturated rings. The van der Waals surface area contributed by atoms with Crippen molar-refractivity contribution in [3.8, 4) is 0 Å². The van der Waals surface area contributed by atoms with Gasteiger partial charge in [0.2, 0.25) is 11.8 Å². The highest BCUT2D eigenvalue weighted by atomic mass is 35.5. The molecule has 0 radical (unpaired) electrons. The normalized spacial score (nSPS) is 13.2. The molecular weight excluding hydrogens is 402 g/mol. The Hall–Kier alpha value is -2.65. The van der Waals surface area contributed by atoms with Crippen molar-refractivity contribution in [1.29, 1.82) is 0 Å². The largest absolute Gasteiger partial charge is 0.481 e. The lowest BCUT2D eigenvalue weighted by atomic mass is 10.0. The number of benzene rings is 1. The molecule has 9 nitrogen and oxygen atoms in total. The van der Waals surface area contributed by atoms with Gasteiger partial charge in [-0.1, -0.05) is 43.7 Å². The van der Waals surface area contributed by atoms with Crippen molar-refractivity contribution >= 4 is 36.2 Å². The van der Waals surface area contributed by atoms with Crippen LogP contribution in [0.4, 0.5) is 0 Å². The van der Waals surface area contributed by atoms with Crippen LogP contribution in [0.3, 0.4) is 0 Å². The van der Waals surface area contributed by atoms with E-state index in [1.807, 2.05) is 13.0 Å². The van der Waals surface area contributed by atoms with E-state index in [2.05, 4.69) is 10.6 Å². The van der Waals surface area contributed by atoms with Gasteiger partial charge >= 0.3 is 11.9 Å². The Labute approximate surface area is 175 Å². The summed E-state index contributed by atoms with van der Waals surface area (Å²) in [5.41, 5.74) is 6.49. The minimum absolute atomic E-state index is 0. The van der Waals surface area contributed by atoms with E-state index in [-0.39, 0.29) is 18.8 Å². The van der Waals surface area contributed by atoms with E-state index in [9.17, 15) is 19.2 Å². The number of hydrogen-bond donors (Lipinski definition) is 4. The maximum atomic E-state index is 12.6.